The van der Waals surface area contributed by atoms with Gasteiger partial charge in [-0.1, -0.05) is 25.1 Å². The standard InChI is InChI=1S/C19H23N3O3/c1-3-13(2)21-18(23)16-17(25-12-20-16)14-8-4-5-9-15(14)19(24)22-10-6-7-11-22/h4-5,8-9,12-13H,3,6-7,10-11H2,1-2H3,(H,21,23). The number of amides is 2. The van der Waals surface area contributed by atoms with Crippen molar-refractivity contribution in [1.29, 1.82) is 0 Å². The fourth-order valence-corrected chi connectivity index (χ4v) is 2.95. The van der Waals surface area contributed by atoms with Crippen molar-refractivity contribution in [2.45, 2.75) is 39.2 Å². The molecule has 1 aliphatic heterocycles. The van der Waals surface area contributed by atoms with Gasteiger partial charge in [0.25, 0.3) is 11.8 Å². The highest BCUT2D eigenvalue weighted by molar-refractivity contribution is 6.04. The van der Waals surface area contributed by atoms with Gasteiger partial charge in [0.2, 0.25) is 0 Å². The number of oxazole rings is 1. The largest absolute Gasteiger partial charge is 0.443 e. The van der Waals surface area contributed by atoms with Gasteiger partial charge >= 0.3 is 0 Å². The SMILES string of the molecule is CCC(C)NC(=O)c1ncoc1-c1ccccc1C(=O)N1CCCC1. The van der Waals surface area contributed by atoms with Crippen molar-refractivity contribution in [2.24, 2.45) is 0 Å². The highest BCUT2D eigenvalue weighted by Gasteiger charge is 2.26. The van der Waals surface area contributed by atoms with Crippen molar-refractivity contribution in [1.82, 2.24) is 15.2 Å². The minimum Gasteiger partial charge on any atom is -0.443 e. The van der Waals surface area contributed by atoms with Crippen LogP contribution in [0, 0.1) is 0 Å². The molecule has 1 aromatic carbocycles. The monoisotopic (exact) mass is 341 g/mol. The maximum atomic E-state index is 12.8. The number of likely N-dealkylation sites (tertiary alicyclic amines) is 1. The van der Waals surface area contributed by atoms with Crippen LogP contribution < -0.4 is 5.32 Å². The number of carbonyl (C=O) groups is 2. The Balaban J connectivity index is 1.94. The molecule has 6 heteroatoms. The van der Waals surface area contributed by atoms with E-state index in [0.29, 0.717) is 16.9 Å². The zero-order valence-corrected chi connectivity index (χ0v) is 14.6. The molecule has 0 spiro atoms. The smallest absolute Gasteiger partial charge is 0.274 e. The normalized spacial score (nSPS) is 15.2. The lowest BCUT2D eigenvalue weighted by Crippen LogP contribution is -2.32. The zero-order valence-electron chi connectivity index (χ0n) is 14.6. The molecule has 25 heavy (non-hydrogen) atoms. The molecule has 2 amide bonds. The van der Waals surface area contributed by atoms with Crippen LogP contribution in [-0.4, -0.2) is 40.8 Å². The number of nitrogens with one attached hydrogen (secondary N) is 1. The molecule has 0 radical (unpaired) electrons. The predicted molar refractivity (Wildman–Crippen MR) is 94.3 cm³/mol. The summed E-state index contributed by atoms with van der Waals surface area (Å²) in [6.45, 7) is 5.47. The average Bonchev–Trinajstić information content (AvgIpc) is 3.32. The van der Waals surface area contributed by atoms with Gasteiger partial charge in [-0.2, -0.15) is 0 Å². The molecule has 132 valence electrons. The zero-order chi connectivity index (χ0) is 17.8. The van der Waals surface area contributed by atoms with Crippen LogP contribution in [0.25, 0.3) is 11.3 Å². The van der Waals surface area contributed by atoms with Crippen molar-refractivity contribution in [3.8, 4) is 11.3 Å². The van der Waals surface area contributed by atoms with Gasteiger partial charge in [0.05, 0.1) is 5.56 Å². The number of benzene rings is 1. The molecular formula is C19H23N3O3. The first-order chi connectivity index (χ1) is 12.1. The molecule has 1 saturated heterocycles. The third kappa shape index (κ3) is 3.57. The summed E-state index contributed by atoms with van der Waals surface area (Å²) in [6, 6.07) is 7.26. The second kappa shape index (κ2) is 7.51. The molecular weight excluding hydrogens is 318 g/mol. The highest BCUT2D eigenvalue weighted by Crippen LogP contribution is 2.28. The summed E-state index contributed by atoms with van der Waals surface area (Å²) in [7, 11) is 0. The second-order valence-electron chi connectivity index (χ2n) is 6.36. The van der Waals surface area contributed by atoms with Gasteiger partial charge in [-0.05, 0) is 32.3 Å². The maximum absolute atomic E-state index is 12.8. The van der Waals surface area contributed by atoms with Crippen molar-refractivity contribution >= 4 is 11.8 Å². The van der Waals surface area contributed by atoms with Crippen LogP contribution in [0.2, 0.25) is 0 Å². The van der Waals surface area contributed by atoms with Crippen LogP contribution in [-0.2, 0) is 0 Å². The van der Waals surface area contributed by atoms with E-state index in [2.05, 4.69) is 10.3 Å². The lowest BCUT2D eigenvalue weighted by Gasteiger charge is -2.17. The van der Waals surface area contributed by atoms with Crippen molar-refractivity contribution in [2.75, 3.05) is 13.1 Å². The average molecular weight is 341 g/mol. The Kier molecular flexibility index (Phi) is 5.16. The Morgan fingerprint density at radius 1 is 1.28 bits per heavy atom. The van der Waals surface area contributed by atoms with Crippen molar-refractivity contribution < 1.29 is 14.0 Å². The summed E-state index contributed by atoms with van der Waals surface area (Å²) in [5, 5.41) is 2.89. The van der Waals surface area contributed by atoms with Crippen LogP contribution in [0.15, 0.2) is 35.1 Å². The predicted octanol–water partition coefficient (Wildman–Crippen LogP) is 3.11. The fourth-order valence-electron chi connectivity index (χ4n) is 2.95. The maximum Gasteiger partial charge on any atom is 0.274 e. The van der Waals surface area contributed by atoms with Gasteiger partial charge in [-0.15, -0.1) is 0 Å². The van der Waals surface area contributed by atoms with Crippen molar-refractivity contribution in [3.05, 3.63) is 41.9 Å². The number of rotatable bonds is 5. The van der Waals surface area contributed by atoms with E-state index in [0.717, 1.165) is 32.4 Å². The van der Waals surface area contributed by atoms with Crippen LogP contribution in [0.1, 0.15) is 54.0 Å². The molecule has 1 aromatic heterocycles. The fraction of sp³-hybridized carbons (Fsp3) is 0.421. The van der Waals surface area contributed by atoms with E-state index in [4.69, 9.17) is 4.42 Å². The van der Waals surface area contributed by atoms with Gasteiger partial charge in [-0.25, -0.2) is 4.98 Å². The molecule has 0 aliphatic carbocycles. The number of aromatic nitrogens is 1. The topological polar surface area (TPSA) is 75.4 Å². The molecule has 0 bridgehead atoms. The lowest BCUT2D eigenvalue weighted by atomic mass is 10.0. The van der Waals surface area contributed by atoms with Gasteiger partial charge in [0, 0.05) is 24.7 Å². The Morgan fingerprint density at radius 2 is 2.00 bits per heavy atom. The van der Waals surface area contributed by atoms with Gasteiger partial charge in [-0.3, -0.25) is 9.59 Å². The minimum atomic E-state index is -0.290. The Morgan fingerprint density at radius 3 is 2.72 bits per heavy atom. The third-order valence-corrected chi connectivity index (χ3v) is 4.57. The summed E-state index contributed by atoms with van der Waals surface area (Å²) in [5.74, 6) is 0.0169. The van der Waals surface area contributed by atoms with E-state index in [-0.39, 0.29) is 23.6 Å². The van der Waals surface area contributed by atoms with Gasteiger partial charge in [0.15, 0.2) is 17.8 Å². The molecule has 2 aromatic rings. The first-order valence-corrected chi connectivity index (χ1v) is 8.74. The highest BCUT2D eigenvalue weighted by atomic mass is 16.3. The lowest BCUT2D eigenvalue weighted by molar-refractivity contribution is 0.0792. The van der Waals surface area contributed by atoms with E-state index in [1.54, 1.807) is 12.1 Å². The summed E-state index contributed by atoms with van der Waals surface area (Å²) in [5.41, 5.74) is 1.35. The van der Waals surface area contributed by atoms with Gasteiger partial charge < -0.3 is 14.6 Å². The third-order valence-electron chi connectivity index (χ3n) is 4.57. The number of nitrogens with zero attached hydrogens (tertiary/aromatic N) is 2. The molecule has 2 heterocycles. The summed E-state index contributed by atoms with van der Waals surface area (Å²) < 4.78 is 5.50. The summed E-state index contributed by atoms with van der Waals surface area (Å²) in [4.78, 5) is 31.2. The Labute approximate surface area is 147 Å². The molecule has 1 aliphatic rings. The molecule has 1 N–H and O–H groups in total. The van der Waals surface area contributed by atoms with Crippen LogP contribution in [0.3, 0.4) is 0 Å². The van der Waals surface area contributed by atoms with E-state index < -0.39 is 0 Å². The Hall–Kier alpha value is -2.63. The van der Waals surface area contributed by atoms with Crippen LogP contribution >= 0.6 is 0 Å². The van der Waals surface area contributed by atoms with Crippen LogP contribution in [0.5, 0.6) is 0 Å². The molecule has 0 saturated carbocycles. The molecule has 1 unspecified atom stereocenters. The molecule has 3 rings (SSSR count). The Bertz CT molecular complexity index is 763. The molecule has 1 atom stereocenters. The van der Waals surface area contributed by atoms with Crippen LogP contribution in [0.4, 0.5) is 0 Å². The first kappa shape index (κ1) is 17.2. The van der Waals surface area contributed by atoms with Gasteiger partial charge in [0.1, 0.15) is 0 Å². The molecule has 1 fully saturated rings. The molecule has 6 nitrogen and oxygen atoms in total. The second-order valence-corrected chi connectivity index (χ2v) is 6.36. The van der Waals surface area contributed by atoms with E-state index >= 15 is 0 Å². The summed E-state index contributed by atoms with van der Waals surface area (Å²) >= 11 is 0. The van der Waals surface area contributed by atoms with E-state index in [1.807, 2.05) is 30.9 Å². The minimum absolute atomic E-state index is 0.0298. The number of hydrogen-bond donors (Lipinski definition) is 1. The quantitative estimate of drug-likeness (QED) is 0.907. The van der Waals surface area contributed by atoms with E-state index in [9.17, 15) is 9.59 Å². The van der Waals surface area contributed by atoms with E-state index in [1.165, 1.54) is 6.39 Å². The summed E-state index contributed by atoms with van der Waals surface area (Å²) in [6.07, 6.45) is 4.12. The number of carbonyl (C=O) groups excluding carboxylic acids is 2. The number of hydrogen-bond acceptors (Lipinski definition) is 4. The van der Waals surface area contributed by atoms with Crippen molar-refractivity contribution in [3.63, 3.8) is 0 Å². The first-order valence-electron chi connectivity index (χ1n) is 8.74.